The number of carbonyl (C=O) groups is 3. The molecule has 7 nitrogen and oxygen atoms in total. The van der Waals surface area contributed by atoms with Gasteiger partial charge in [0.05, 0.1) is 18.2 Å². The highest BCUT2D eigenvalue weighted by molar-refractivity contribution is 9.09. The fourth-order valence-corrected chi connectivity index (χ4v) is 2.19. The molecule has 0 aromatic rings. The van der Waals surface area contributed by atoms with Gasteiger partial charge in [-0.1, -0.05) is 51.5 Å². The molecule has 0 aromatic heterocycles. The maximum atomic E-state index is 10.7. The van der Waals surface area contributed by atoms with Gasteiger partial charge >= 0.3 is 0 Å². The van der Waals surface area contributed by atoms with E-state index < -0.39 is 0 Å². The number of Topliss-reactive ketones (excluding diaryl/α,β-unsaturated/α-hetero) is 3. The third kappa shape index (κ3) is 40.6. The predicted molar refractivity (Wildman–Crippen MR) is 148 cm³/mol. The molecular weight excluding hydrogens is 540 g/mol. The standard InChI is InChI=1S/C11H13BrO2.C11H14O3.C7H10O2/c2*12-9-7-5-3-1-2-4-6-8-11(14)10-13;1-2-3-4-5-7(9)6-8/h13H,3-4,6,8-10H2;12-13H,3-4,6,8-10H2;1,8H,3-6H2. The van der Waals surface area contributed by atoms with Crippen LogP contribution in [0.5, 0.6) is 0 Å². The lowest BCUT2D eigenvalue weighted by atomic mass is 10.2. The molecule has 4 N–H and O–H groups in total. The predicted octanol–water partition coefficient (Wildman–Crippen LogP) is 1.97. The maximum Gasteiger partial charge on any atom is 0.158 e. The Hall–Kier alpha value is -2.87. The molecule has 0 bridgehead atoms. The van der Waals surface area contributed by atoms with Gasteiger partial charge in [0.15, 0.2) is 17.3 Å². The molecular formula is C29H37BrO7. The molecule has 0 aliphatic carbocycles. The average Bonchev–Trinajstić information content (AvgIpc) is 2.92. The number of carbonyl (C=O) groups excluding carboxylic acids is 3. The van der Waals surface area contributed by atoms with Crippen LogP contribution in [-0.2, 0) is 14.4 Å². The fraction of sp³-hybridized carbons (Fsp3) is 0.552. The highest BCUT2D eigenvalue weighted by atomic mass is 79.9. The molecule has 202 valence electrons. The molecule has 0 aliphatic rings. The summed E-state index contributed by atoms with van der Waals surface area (Å²) >= 11 is 3.18. The molecule has 0 aromatic carbocycles. The zero-order chi connectivity index (χ0) is 28.4. The Balaban J connectivity index is -0.000000481. The summed E-state index contributed by atoms with van der Waals surface area (Å²) in [6.07, 6.45) is 11.2. The van der Waals surface area contributed by atoms with Crippen molar-refractivity contribution in [1.29, 1.82) is 0 Å². The van der Waals surface area contributed by atoms with Crippen molar-refractivity contribution in [3.8, 4) is 59.7 Å². The number of aliphatic hydroxyl groups is 4. The van der Waals surface area contributed by atoms with Gasteiger partial charge in [0, 0.05) is 38.5 Å². The molecule has 37 heavy (non-hydrogen) atoms. The molecule has 0 spiro atoms. The van der Waals surface area contributed by atoms with Crippen LogP contribution < -0.4 is 0 Å². The number of hydrogen-bond acceptors (Lipinski definition) is 7. The summed E-state index contributed by atoms with van der Waals surface area (Å²) < 4.78 is 0. The van der Waals surface area contributed by atoms with E-state index in [1.807, 2.05) is 0 Å². The smallest absolute Gasteiger partial charge is 0.158 e. The number of terminal acetylenes is 1. The lowest BCUT2D eigenvalue weighted by Crippen LogP contribution is -2.02. The number of rotatable bonds is 12. The van der Waals surface area contributed by atoms with E-state index in [0.717, 1.165) is 6.42 Å². The first kappa shape index (κ1) is 38.7. The number of alkyl halides is 1. The first-order valence-electron chi connectivity index (χ1n) is 11.7. The largest absolute Gasteiger partial charge is 0.389 e. The Kier molecular flexibility index (Phi) is 36.9. The Morgan fingerprint density at radius 1 is 0.568 bits per heavy atom. The lowest BCUT2D eigenvalue weighted by Gasteiger charge is -1.91. The van der Waals surface area contributed by atoms with Gasteiger partial charge in [-0.05, 0) is 19.3 Å². The highest BCUT2D eigenvalue weighted by Gasteiger charge is 1.97. The summed E-state index contributed by atoms with van der Waals surface area (Å²) in [6, 6.07) is 0. The number of unbranched alkanes of at least 4 members (excludes halogenated alkanes) is 3. The lowest BCUT2D eigenvalue weighted by molar-refractivity contribution is -0.122. The third-order valence-corrected chi connectivity index (χ3v) is 4.10. The van der Waals surface area contributed by atoms with E-state index in [1.165, 1.54) is 0 Å². The van der Waals surface area contributed by atoms with Crippen molar-refractivity contribution in [2.24, 2.45) is 0 Å². The molecule has 0 saturated carbocycles. The van der Waals surface area contributed by atoms with Crippen LogP contribution in [0.15, 0.2) is 0 Å². The normalized spacial score (nSPS) is 8.22. The molecule has 0 amide bonds. The highest BCUT2D eigenvalue weighted by Crippen LogP contribution is 1.95. The van der Waals surface area contributed by atoms with Crippen LogP contribution in [0.1, 0.15) is 70.6 Å². The fourth-order valence-electron chi connectivity index (χ4n) is 1.99. The Morgan fingerprint density at radius 3 is 1.30 bits per heavy atom. The zero-order valence-electron chi connectivity index (χ0n) is 21.3. The minimum absolute atomic E-state index is 0.120. The van der Waals surface area contributed by atoms with E-state index in [1.54, 1.807) is 0 Å². The van der Waals surface area contributed by atoms with Crippen molar-refractivity contribution in [1.82, 2.24) is 0 Å². The van der Waals surface area contributed by atoms with E-state index >= 15 is 0 Å². The van der Waals surface area contributed by atoms with E-state index in [0.29, 0.717) is 69.5 Å². The second-order valence-corrected chi connectivity index (χ2v) is 7.48. The summed E-state index contributed by atoms with van der Waals surface area (Å²) in [5.41, 5.74) is 0. The van der Waals surface area contributed by atoms with Gasteiger partial charge in [0.1, 0.15) is 26.4 Å². The SMILES string of the molecule is C#CCCCC(=O)CO.O=C(CO)CCCC#CCC#CCBr.O=C(CO)CCCC#CCC#CCO. The molecule has 0 radical (unpaired) electrons. The number of hydrogen-bond donors (Lipinski definition) is 4. The Morgan fingerprint density at radius 2 is 0.946 bits per heavy atom. The van der Waals surface area contributed by atoms with Gasteiger partial charge in [-0.25, -0.2) is 0 Å². The number of aliphatic hydroxyl groups excluding tert-OH is 4. The zero-order valence-corrected chi connectivity index (χ0v) is 22.9. The Bertz CT molecular complexity index is 843. The van der Waals surface area contributed by atoms with Crippen molar-refractivity contribution in [2.45, 2.75) is 70.6 Å². The molecule has 0 saturated heterocycles. The van der Waals surface area contributed by atoms with Gasteiger partial charge in [0.2, 0.25) is 0 Å². The first-order chi connectivity index (χ1) is 17.9. The summed E-state index contributed by atoms with van der Waals surface area (Å²) in [4.78, 5) is 31.7. The summed E-state index contributed by atoms with van der Waals surface area (Å²) in [7, 11) is 0. The molecule has 0 rings (SSSR count). The van der Waals surface area contributed by atoms with Crippen LogP contribution in [0.3, 0.4) is 0 Å². The van der Waals surface area contributed by atoms with E-state index in [2.05, 4.69) is 69.2 Å². The van der Waals surface area contributed by atoms with E-state index in [9.17, 15) is 14.4 Å². The van der Waals surface area contributed by atoms with Crippen molar-refractivity contribution >= 4 is 33.3 Å². The third-order valence-electron chi connectivity index (χ3n) is 3.82. The molecule has 0 fully saturated rings. The van der Waals surface area contributed by atoms with Gasteiger partial charge in [0.25, 0.3) is 0 Å². The second kappa shape index (κ2) is 35.3. The first-order valence-corrected chi connectivity index (χ1v) is 12.9. The minimum Gasteiger partial charge on any atom is -0.389 e. The van der Waals surface area contributed by atoms with Crippen molar-refractivity contribution < 1.29 is 34.8 Å². The number of halogens is 1. The minimum atomic E-state index is -0.380. The summed E-state index contributed by atoms with van der Waals surface area (Å²) in [5, 5.41) is 34.1. The monoisotopic (exact) mass is 576 g/mol. The molecule has 8 heteroatoms. The molecule has 0 unspecified atom stereocenters. The van der Waals surface area contributed by atoms with Gasteiger partial charge in [-0.2, -0.15) is 0 Å². The molecule has 0 aliphatic heterocycles. The second-order valence-electron chi connectivity index (χ2n) is 6.91. The number of ketones is 3. The Labute approximate surface area is 229 Å². The van der Waals surface area contributed by atoms with Crippen LogP contribution in [0, 0.1) is 59.7 Å². The summed E-state index contributed by atoms with van der Waals surface area (Å²) in [5.74, 6) is 24.3. The van der Waals surface area contributed by atoms with Gasteiger partial charge in [-0.3, -0.25) is 14.4 Å². The topological polar surface area (TPSA) is 132 Å². The maximum absolute atomic E-state index is 10.7. The van der Waals surface area contributed by atoms with Crippen molar-refractivity contribution in [3.63, 3.8) is 0 Å². The molecule has 0 atom stereocenters. The van der Waals surface area contributed by atoms with Crippen LogP contribution in [-0.4, -0.2) is 69.5 Å². The van der Waals surface area contributed by atoms with Gasteiger partial charge < -0.3 is 20.4 Å². The summed E-state index contributed by atoms with van der Waals surface area (Å²) in [6.45, 7) is -1.23. The quantitative estimate of drug-likeness (QED) is 0.159. The van der Waals surface area contributed by atoms with Crippen LogP contribution in [0.4, 0.5) is 0 Å². The molecule has 0 heterocycles. The van der Waals surface area contributed by atoms with Crippen LogP contribution in [0.2, 0.25) is 0 Å². The van der Waals surface area contributed by atoms with E-state index in [-0.39, 0.29) is 43.8 Å². The van der Waals surface area contributed by atoms with E-state index in [4.69, 9.17) is 26.8 Å². The van der Waals surface area contributed by atoms with Crippen LogP contribution in [0.25, 0.3) is 0 Å². The van der Waals surface area contributed by atoms with Crippen LogP contribution >= 0.6 is 15.9 Å². The van der Waals surface area contributed by atoms with Gasteiger partial charge in [-0.15, -0.1) is 24.2 Å². The average molecular weight is 578 g/mol. The van der Waals surface area contributed by atoms with Crippen molar-refractivity contribution in [3.05, 3.63) is 0 Å². The van der Waals surface area contributed by atoms with Crippen molar-refractivity contribution in [2.75, 3.05) is 31.8 Å².